The Morgan fingerprint density at radius 3 is 2.47 bits per heavy atom. The van der Waals surface area contributed by atoms with E-state index in [0.29, 0.717) is 22.2 Å². The van der Waals surface area contributed by atoms with Crippen LogP contribution in [0.5, 0.6) is 17.2 Å². The van der Waals surface area contributed by atoms with Crippen LogP contribution >= 0.6 is 11.8 Å². The van der Waals surface area contributed by atoms with E-state index >= 15 is 0 Å². The molecule has 0 radical (unpaired) electrons. The molecule has 0 aliphatic heterocycles. The summed E-state index contributed by atoms with van der Waals surface area (Å²) < 4.78 is 15.8. The zero-order chi connectivity index (χ0) is 22.5. The second-order valence-corrected chi connectivity index (χ2v) is 7.70. The number of fused-ring (bicyclic) bond motifs is 1. The predicted molar refractivity (Wildman–Crippen MR) is 125 cm³/mol. The van der Waals surface area contributed by atoms with Crippen molar-refractivity contribution in [3.8, 4) is 28.4 Å². The first-order valence-electron chi connectivity index (χ1n) is 9.74. The molecule has 4 aromatic rings. The van der Waals surface area contributed by atoms with Gasteiger partial charge < -0.3 is 24.5 Å². The van der Waals surface area contributed by atoms with Crippen molar-refractivity contribution in [2.75, 3.05) is 32.4 Å². The minimum absolute atomic E-state index is 0.170. The number of aromatic amines is 1. The Kier molecular flexibility index (Phi) is 6.46. The van der Waals surface area contributed by atoms with Gasteiger partial charge in [0.25, 0.3) is 0 Å². The van der Waals surface area contributed by atoms with E-state index in [1.807, 2.05) is 30.5 Å². The standard InChI is InChI=1S/C23H22N4O4S/c1-29-15-6-4-14(5-7-15)17-11-24-22-21(17)25-13-26-23(22)32-12-20(28)27-18-10-16(30-2)8-9-19(18)31-3/h4-11,13,24H,12H2,1-3H3,(H,27,28). The number of nitrogens with one attached hydrogen (secondary N) is 2. The minimum Gasteiger partial charge on any atom is -0.497 e. The largest absolute Gasteiger partial charge is 0.497 e. The highest BCUT2D eigenvalue weighted by Gasteiger charge is 2.15. The molecule has 1 amide bonds. The normalized spacial score (nSPS) is 10.7. The Bertz CT molecular complexity index is 1240. The molecule has 8 nitrogen and oxygen atoms in total. The van der Waals surface area contributed by atoms with Gasteiger partial charge in [-0.15, -0.1) is 0 Å². The molecule has 2 heterocycles. The van der Waals surface area contributed by atoms with Gasteiger partial charge >= 0.3 is 0 Å². The lowest BCUT2D eigenvalue weighted by atomic mass is 10.1. The summed E-state index contributed by atoms with van der Waals surface area (Å²) in [6, 6.07) is 13.0. The number of amides is 1. The fourth-order valence-electron chi connectivity index (χ4n) is 3.25. The number of benzene rings is 2. The van der Waals surface area contributed by atoms with Gasteiger partial charge in [0.1, 0.15) is 34.1 Å². The second kappa shape index (κ2) is 9.61. The van der Waals surface area contributed by atoms with Crippen molar-refractivity contribution in [3.05, 3.63) is 55.0 Å². The van der Waals surface area contributed by atoms with Gasteiger partial charge in [-0.1, -0.05) is 23.9 Å². The first-order valence-corrected chi connectivity index (χ1v) is 10.7. The van der Waals surface area contributed by atoms with Crippen LogP contribution in [-0.2, 0) is 4.79 Å². The molecule has 0 bridgehead atoms. The number of aromatic nitrogens is 3. The maximum absolute atomic E-state index is 12.6. The summed E-state index contributed by atoms with van der Waals surface area (Å²) >= 11 is 1.33. The molecule has 0 saturated heterocycles. The number of carbonyl (C=O) groups excluding carboxylic acids is 1. The van der Waals surface area contributed by atoms with Crippen LogP contribution in [0.4, 0.5) is 5.69 Å². The first kappa shape index (κ1) is 21.5. The summed E-state index contributed by atoms with van der Waals surface area (Å²) in [7, 11) is 4.76. The maximum Gasteiger partial charge on any atom is 0.234 e. The summed E-state index contributed by atoms with van der Waals surface area (Å²) in [6.07, 6.45) is 3.40. The first-order chi connectivity index (χ1) is 15.6. The molecule has 2 aromatic heterocycles. The Hall–Kier alpha value is -3.72. The van der Waals surface area contributed by atoms with Crippen molar-refractivity contribution in [1.29, 1.82) is 0 Å². The van der Waals surface area contributed by atoms with Crippen molar-refractivity contribution < 1.29 is 19.0 Å². The van der Waals surface area contributed by atoms with E-state index in [9.17, 15) is 4.79 Å². The number of anilines is 1. The highest BCUT2D eigenvalue weighted by molar-refractivity contribution is 8.00. The number of rotatable bonds is 8. The Morgan fingerprint density at radius 1 is 1.00 bits per heavy atom. The van der Waals surface area contributed by atoms with Crippen LogP contribution in [0, 0.1) is 0 Å². The van der Waals surface area contributed by atoms with Gasteiger partial charge in [-0.25, -0.2) is 9.97 Å². The van der Waals surface area contributed by atoms with Gasteiger partial charge in [-0.05, 0) is 29.8 Å². The molecular weight excluding hydrogens is 428 g/mol. The van der Waals surface area contributed by atoms with E-state index in [1.54, 1.807) is 39.5 Å². The van der Waals surface area contributed by atoms with Gasteiger partial charge in [0.15, 0.2) is 0 Å². The van der Waals surface area contributed by atoms with Crippen molar-refractivity contribution in [1.82, 2.24) is 15.0 Å². The van der Waals surface area contributed by atoms with E-state index < -0.39 is 0 Å². The molecule has 2 N–H and O–H groups in total. The smallest absolute Gasteiger partial charge is 0.234 e. The van der Waals surface area contributed by atoms with Crippen molar-refractivity contribution >= 4 is 34.4 Å². The summed E-state index contributed by atoms with van der Waals surface area (Å²) in [5.41, 5.74) is 4.09. The molecule has 0 spiro atoms. The molecule has 0 atom stereocenters. The molecule has 2 aromatic carbocycles. The second-order valence-electron chi connectivity index (χ2n) is 6.74. The van der Waals surface area contributed by atoms with Crippen molar-refractivity contribution in [2.24, 2.45) is 0 Å². The van der Waals surface area contributed by atoms with Gasteiger partial charge in [-0.2, -0.15) is 0 Å². The number of H-pyrrole nitrogens is 1. The topological polar surface area (TPSA) is 98.4 Å². The lowest BCUT2D eigenvalue weighted by Crippen LogP contribution is -2.15. The number of carbonyl (C=O) groups is 1. The van der Waals surface area contributed by atoms with Crippen LogP contribution in [0.25, 0.3) is 22.2 Å². The van der Waals surface area contributed by atoms with Crippen LogP contribution in [0.3, 0.4) is 0 Å². The van der Waals surface area contributed by atoms with Gasteiger partial charge in [0.2, 0.25) is 5.91 Å². The molecule has 0 fully saturated rings. The Labute approximate surface area is 189 Å². The third-order valence-corrected chi connectivity index (χ3v) is 5.84. The van der Waals surface area contributed by atoms with E-state index in [-0.39, 0.29) is 11.7 Å². The van der Waals surface area contributed by atoms with Crippen LogP contribution in [0.15, 0.2) is 60.0 Å². The minimum atomic E-state index is -0.185. The van der Waals surface area contributed by atoms with E-state index in [4.69, 9.17) is 14.2 Å². The van der Waals surface area contributed by atoms with Gasteiger partial charge in [0.05, 0.1) is 38.3 Å². The monoisotopic (exact) mass is 450 g/mol. The fourth-order valence-corrected chi connectivity index (χ4v) is 4.01. The number of nitrogens with zero attached hydrogens (tertiary/aromatic N) is 2. The molecule has 0 unspecified atom stereocenters. The lowest BCUT2D eigenvalue weighted by molar-refractivity contribution is -0.113. The third kappa shape index (κ3) is 4.47. The van der Waals surface area contributed by atoms with Gasteiger partial charge in [0, 0.05) is 17.8 Å². The van der Waals surface area contributed by atoms with Crippen LogP contribution in [0.1, 0.15) is 0 Å². The number of methoxy groups -OCH3 is 3. The fraction of sp³-hybridized carbons (Fsp3) is 0.174. The molecule has 0 aliphatic rings. The highest BCUT2D eigenvalue weighted by atomic mass is 32.2. The van der Waals surface area contributed by atoms with Crippen molar-refractivity contribution in [3.63, 3.8) is 0 Å². The molecule has 0 saturated carbocycles. The average molecular weight is 451 g/mol. The maximum atomic E-state index is 12.6. The van der Waals surface area contributed by atoms with Crippen LogP contribution < -0.4 is 19.5 Å². The molecule has 32 heavy (non-hydrogen) atoms. The Balaban J connectivity index is 1.50. The average Bonchev–Trinajstić information content (AvgIpc) is 3.27. The SMILES string of the molecule is COc1ccc(-c2c[nH]c3c(SCC(=O)Nc4cc(OC)ccc4OC)ncnc23)cc1. The third-order valence-electron chi connectivity index (χ3n) is 4.85. The summed E-state index contributed by atoms with van der Waals surface area (Å²) in [4.78, 5) is 24.6. The number of thioether (sulfide) groups is 1. The zero-order valence-electron chi connectivity index (χ0n) is 17.8. The number of ether oxygens (including phenoxy) is 3. The lowest BCUT2D eigenvalue weighted by Gasteiger charge is -2.11. The predicted octanol–water partition coefficient (Wildman–Crippen LogP) is 4.38. The van der Waals surface area contributed by atoms with Crippen LogP contribution in [-0.4, -0.2) is 47.9 Å². The van der Waals surface area contributed by atoms with Crippen LogP contribution in [0.2, 0.25) is 0 Å². The molecule has 164 valence electrons. The Morgan fingerprint density at radius 2 is 1.75 bits per heavy atom. The molecule has 9 heteroatoms. The molecule has 4 rings (SSSR count). The quantitative estimate of drug-likeness (QED) is 0.304. The highest BCUT2D eigenvalue weighted by Crippen LogP contribution is 2.33. The summed E-state index contributed by atoms with van der Waals surface area (Å²) in [6.45, 7) is 0. The van der Waals surface area contributed by atoms with E-state index in [2.05, 4.69) is 20.3 Å². The van der Waals surface area contributed by atoms with Crippen molar-refractivity contribution in [2.45, 2.75) is 5.03 Å². The molecule has 0 aliphatic carbocycles. The zero-order valence-corrected chi connectivity index (χ0v) is 18.7. The van der Waals surface area contributed by atoms with E-state index in [1.165, 1.54) is 18.1 Å². The summed E-state index contributed by atoms with van der Waals surface area (Å²) in [5, 5.41) is 3.56. The van der Waals surface area contributed by atoms with Gasteiger partial charge in [-0.3, -0.25) is 4.79 Å². The van der Waals surface area contributed by atoms with E-state index in [0.717, 1.165) is 27.9 Å². The summed E-state index contributed by atoms with van der Waals surface area (Å²) in [5.74, 6) is 1.96. The number of hydrogen-bond donors (Lipinski definition) is 2. The molecular formula is C23H22N4O4S. The number of hydrogen-bond acceptors (Lipinski definition) is 7.